The monoisotopic (exact) mass is 179 g/mol. The van der Waals surface area contributed by atoms with Crippen molar-refractivity contribution in [1.29, 1.82) is 0 Å². The standard InChI is InChI=1S/C9H13N3O/c1-6-4-3-5-7(2)8(6)11-9(13)12-10/h3-5H,10H2,1-2H3,(H2,11,12,13). The Kier molecular flexibility index (Phi) is 2.87. The van der Waals surface area contributed by atoms with Gasteiger partial charge >= 0.3 is 6.03 Å². The molecule has 0 fully saturated rings. The molecule has 1 rings (SSSR count). The van der Waals surface area contributed by atoms with Crippen molar-refractivity contribution in [3.63, 3.8) is 0 Å². The van der Waals surface area contributed by atoms with Gasteiger partial charge in [-0.25, -0.2) is 10.6 Å². The van der Waals surface area contributed by atoms with Gasteiger partial charge in [0, 0.05) is 5.69 Å². The number of nitrogens with two attached hydrogens (primary N) is 1. The van der Waals surface area contributed by atoms with Gasteiger partial charge in [-0.15, -0.1) is 0 Å². The molecule has 0 saturated heterocycles. The Morgan fingerprint density at radius 1 is 1.31 bits per heavy atom. The topological polar surface area (TPSA) is 67.2 Å². The molecule has 1 aromatic carbocycles. The summed E-state index contributed by atoms with van der Waals surface area (Å²) in [4.78, 5) is 10.9. The summed E-state index contributed by atoms with van der Waals surface area (Å²) >= 11 is 0. The lowest BCUT2D eigenvalue weighted by Crippen LogP contribution is -2.34. The second-order valence-corrected chi connectivity index (χ2v) is 2.87. The van der Waals surface area contributed by atoms with E-state index in [2.05, 4.69) is 5.32 Å². The lowest BCUT2D eigenvalue weighted by Gasteiger charge is -2.10. The molecule has 0 aliphatic rings. The van der Waals surface area contributed by atoms with E-state index < -0.39 is 6.03 Å². The molecular formula is C9H13N3O. The van der Waals surface area contributed by atoms with E-state index in [9.17, 15) is 4.79 Å². The molecule has 0 unspecified atom stereocenters. The molecule has 13 heavy (non-hydrogen) atoms. The second-order valence-electron chi connectivity index (χ2n) is 2.87. The van der Waals surface area contributed by atoms with E-state index in [0.717, 1.165) is 16.8 Å². The Bertz CT molecular complexity index is 302. The van der Waals surface area contributed by atoms with Gasteiger partial charge in [0.05, 0.1) is 0 Å². The first-order valence-electron chi connectivity index (χ1n) is 3.99. The molecule has 0 bridgehead atoms. The van der Waals surface area contributed by atoms with E-state index in [1.807, 2.05) is 37.5 Å². The van der Waals surface area contributed by atoms with Crippen LogP contribution in [0, 0.1) is 13.8 Å². The molecule has 4 nitrogen and oxygen atoms in total. The highest BCUT2D eigenvalue weighted by Crippen LogP contribution is 2.18. The predicted molar refractivity (Wildman–Crippen MR) is 52.3 cm³/mol. The van der Waals surface area contributed by atoms with Crippen LogP contribution in [0.3, 0.4) is 0 Å². The van der Waals surface area contributed by atoms with Crippen LogP contribution >= 0.6 is 0 Å². The van der Waals surface area contributed by atoms with Crippen molar-refractivity contribution in [2.24, 2.45) is 5.84 Å². The molecule has 0 aliphatic carbocycles. The van der Waals surface area contributed by atoms with E-state index in [0.29, 0.717) is 0 Å². The molecule has 70 valence electrons. The third-order valence-electron chi connectivity index (χ3n) is 1.85. The first-order chi connectivity index (χ1) is 6.15. The van der Waals surface area contributed by atoms with Gasteiger partial charge in [-0.2, -0.15) is 0 Å². The van der Waals surface area contributed by atoms with Gasteiger partial charge in [0.1, 0.15) is 0 Å². The highest BCUT2D eigenvalue weighted by molar-refractivity contribution is 5.90. The summed E-state index contributed by atoms with van der Waals surface area (Å²) in [6.07, 6.45) is 0. The summed E-state index contributed by atoms with van der Waals surface area (Å²) in [7, 11) is 0. The zero-order valence-corrected chi connectivity index (χ0v) is 7.72. The van der Waals surface area contributed by atoms with Crippen molar-refractivity contribution in [1.82, 2.24) is 5.43 Å². The molecule has 0 spiro atoms. The summed E-state index contributed by atoms with van der Waals surface area (Å²) in [5.74, 6) is 4.96. The van der Waals surface area contributed by atoms with Crippen molar-refractivity contribution >= 4 is 11.7 Å². The fourth-order valence-electron chi connectivity index (χ4n) is 1.16. The number of benzene rings is 1. The SMILES string of the molecule is Cc1cccc(C)c1NC(=O)NN. The van der Waals surface area contributed by atoms with E-state index in [4.69, 9.17) is 5.84 Å². The summed E-state index contributed by atoms with van der Waals surface area (Å²) in [5, 5.41) is 2.65. The number of amides is 2. The maximum atomic E-state index is 10.9. The normalized spacial score (nSPS) is 9.46. The molecule has 4 N–H and O–H groups in total. The first kappa shape index (κ1) is 9.54. The zero-order chi connectivity index (χ0) is 9.84. The Hall–Kier alpha value is -1.55. The summed E-state index contributed by atoms with van der Waals surface area (Å²) < 4.78 is 0. The minimum absolute atomic E-state index is 0.405. The number of para-hydroxylation sites is 1. The van der Waals surface area contributed by atoms with E-state index in [1.54, 1.807) is 0 Å². The third kappa shape index (κ3) is 2.19. The summed E-state index contributed by atoms with van der Waals surface area (Å²) in [6, 6.07) is 5.39. The molecule has 0 radical (unpaired) electrons. The Morgan fingerprint density at radius 3 is 2.31 bits per heavy atom. The Balaban J connectivity index is 2.93. The highest BCUT2D eigenvalue weighted by Gasteiger charge is 2.04. The van der Waals surface area contributed by atoms with E-state index in [1.165, 1.54) is 0 Å². The third-order valence-corrected chi connectivity index (χ3v) is 1.85. The minimum Gasteiger partial charge on any atom is -0.306 e. The van der Waals surface area contributed by atoms with Gasteiger partial charge in [0.25, 0.3) is 0 Å². The van der Waals surface area contributed by atoms with Crippen LogP contribution in [-0.2, 0) is 0 Å². The molecule has 0 aliphatic heterocycles. The van der Waals surface area contributed by atoms with E-state index >= 15 is 0 Å². The van der Waals surface area contributed by atoms with Gasteiger partial charge in [-0.05, 0) is 25.0 Å². The van der Waals surface area contributed by atoms with Crippen molar-refractivity contribution in [2.75, 3.05) is 5.32 Å². The van der Waals surface area contributed by atoms with Gasteiger partial charge < -0.3 is 5.32 Å². The minimum atomic E-state index is -0.405. The Morgan fingerprint density at radius 2 is 1.85 bits per heavy atom. The van der Waals surface area contributed by atoms with Gasteiger partial charge in [0.15, 0.2) is 0 Å². The number of carbonyl (C=O) groups excluding carboxylic acids is 1. The van der Waals surface area contributed by atoms with Crippen molar-refractivity contribution < 1.29 is 4.79 Å². The molecule has 0 atom stereocenters. The Labute approximate surface area is 77.1 Å². The predicted octanol–water partition coefficient (Wildman–Crippen LogP) is 1.30. The summed E-state index contributed by atoms with van der Waals surface area (Å²) in [6.45, 7) is 3.86. The number of rotatable bonds is 1. The van der Waals surface area contributed by atoms with Crippen LogP contribution in [0.4, 0.5) is 10.5 Å². The molecular weight excluding hydrogens is 166 g/mol. The van der Waals surface area contributed by atoms with Crippen LogP contribution in [0.25, 0.3) is 0 Å². The average Bonchev–Trinajstić information content (AvgIpc) is 2.11. The number of hydrogen-bond donors (Lipinski definition) is 3. The molecule has 4 heteroatoms. The fourth-order valence-corrected chi connectivity index (χ4v) is 1.16. The van der Waals surface area contributed by atoms with Crippen molar-refractivity contribution in [3.05, 3.63) is 29.3 Å². The lowest BCUT2D eigenvalue weighted by atomic mass is 10.1. The quantitative estimate of drug-likeness (QED) is 0.345. The second kappa shape index (κ2) is 3.91. The molecule has 0 saturated carbocycles. The molecule has 0 aromatic heterocycles. The molecule has 0 heterocycles. The maximum absolute atomic E-state index is 10.9. The largest absolute Gasteiger partial charge is 0.333 e. The average molecular weight is 179 g/mol. The zero-order valence-electron chi connectivity index (χ0n) is 7.72. The van der Waals surface area contributed by atoms with Crippen LogP contribution in [0.5, 0.6) is 0 Å². The number of urea groups is 1. The van der Waals surface area contributed by atoms with Crippen LogP contribution < -0.4 is 16.6 Å². The van der Waals surface area contributed by atoms with Crippen LogP contribution in [-0.4, -0.2) is 6.03 Å². The number of hydrogen-bond acceptors (Lipinski definition) is 2. The highest BCUT2D eigenvalue weighted by atomic mass is 16.2. The van der Waals surface area contributed by atoms with Gasteiger partial charge in [-0.3, -0.25) is 5.43 Å². The van der Waals surface area contributed by atoms with Gasteiger partial charge in [-0.1, -0.05) is 18.2 Å². The molecule has 1 aromatic rings. The van der Waals surface area contributed by atoms with Crippen molar-refractivity contribution in [3.8, 4) is 0 Å². The molecule has 2 amide bonds. The van der Waals surface area contributed by atoms with Crippen LogP contribution in [0.15, 0.2) is 18.2 Å². The number of nitrogens with one attached hydrogen (secondary N) is 2. The maximum Gasteiger partial charge on any atom is 0.333 e. The lowest BCUT2D eigenvalue weighted by molar-refractivity contribution is 0.252. The number of carbonyl (C=O) groups is 1. The van der Waals surface area contributed by atoms with E-state index in [-0.39, 0.29) is 0 Å². The number of anilines is 1. The van der Waals surface area contributed by atoms with Crippen LogP contribution in [0.2, 0.25) is 0 Å². The van der Waals surface area contributed by atoms with Crippen LogP contribution in [0.1, 0.15) is 11.1 Å². The summed E-state index contributed by atoms with van der Waals surface area (Å²) in [5.41, 5.74) is 4.86. The fraction of sp³-hybridized carbons (Fsp3) is 0.222. The number of hydrazine groups is 1. The number of aryl methyl sites for hydroxylation is 2. The first-order valence-corrected chi connectivity index (χ1v) is 3.99. The van der Waals surface area contributed by atoms with Gasteiger partial charge in [0.2, 0.25) is 0 Å². The van der Waals surface area contributed by atoms with Crippen molar-refractivity contribution in [2.45, 2.75) is 13.8 Å². The smallest absolute Gasteiger partial charge is 0.306 e.